The highest BCUT2D eigenvalue weighted by molar-refractivity contribution is 6.33. The molecule has 6 rings (SSSR count). The molecular weight excluding hydrogens is 356 g/mol. The van der Waals surface area contributed by atoms with Crippen LogP contribution in [-0.4, -0.2) is 11.6 Å². The van der Waals surface area contributed by atoms with Gasteiger partial charge in [0.05, 0.1) is 0 Å². The van der Waals surface area contributed by atoms with Gasteiger partial charge in [0.15, 0.2) is 11.6 Å². The average molecular weight is 372 g/mol. The largest absolute Gasteiger partial charge is 0.289 e. The van der Waals surface area contributed by atoms with E-state index in [1.165, 1.54) is 5.39 Å². The molecule has 136 valence electrons. The van der Waals surface area contributed by atoms with Crippen LogP contribution in [0.15, 0.2) is 78.9 Å². The van der Waals surface area contributed by atoms with Crippen molar-refractivity contribution in [1.82, 2.24) is 0 Å². The molecule has 29 heavy (non-hydrogen) atoms. The van der Waals surface area contributed by atoms with Gasteiger partial charge in [0.2, 0.25) is 0 Å². The van der Waals surface area contributed by atoms with Crippen LogP contribution in [0.4, 0.5) is 0 Å². The van der Waals surface area contributed by atoms with Crippen LogP contribution in [-0.2, 0) is 0 Å². The maximum Gasteiger partial charge on any atom is 0.195 e. The molecule has 0 saturated carbocycles. The van der Waals surface area contributed by atoms with E-state index in [1.54, 1.807) is 6.07 Å². The lowest BCUT2D eigenvalue weighted by molar-refractivity contribution is 0.0980. The number of carbonyl (C=O) groups is 2. The van der Waals surface area contributed by atoms with Crippen LogP contribution in [0.25, 0.3) is 32.3 Å². The molecule has 0 unspecified atom stereocenters. The van der Waals surface area contributed by atoms with Crippen LogP contribution in [0.2, 0.25) is 0 Å². The van der Waals surface area contributed by atoms with Crippen molar-refractivity contribution in [3.05, 3.63) is 107 Å². The van der Waals surface area contributed by atoms with Crippen molar-refractivity contribution >= 4 is 43.9 Å². The molecule has 0 bridgehead atoms. The van der Waals surface area contributed by atoms with Gasteiger partial charge in [-0.3, -0.25) is 9.59 Å². The zero-order chi connectivity index (χ0) is 19.7. The van der Waals surface area contributed by atoms with Crippen molar-refractivity contribution < 1.29 is 9.59 Å². The summed E-state index contributed by atoms with van der Waals surface area (Å²) in [5.74, 6) is -0.140. The summed E-state index contributed by atoms with van der Waals surface area (Å²) >= 11 is 0. The third-order valence-corrected chi connectivity index (χ3v) is 6.02. The van der Waals surface area contributed by atoms with Crippen molar-refractivity contribution in [2.75, 3.05) is 0 Å². The number of rotatable bonds is 0. The minimum Gasteiger partial charge on any atom is -0.289 e. The number of aryl methyl sites for hydroxylation is 1. The summed E-state index contributed by atoms with van der Waals surface area (Å²) in [6.45, 7) is 1.93. The lowest BCUT2D eigenvalue weighted by atomic mass is 9.80. The van der Waals surface area contributed by atoms with Gasteiger partial charge in [-0.15, -0.1) is 0 Å². The van der Waals surface area contributed by atoms with E-state index in [2.05, 4.69) is 24.3 Å². The summed E-state index contributed by atoms with van der Waals surface area (Å²) < 4.78 is 0. The van der Waals surface area contributed by atoms with Gasteiger partial charge in [-0.25, -0.2) is 0 Å². The van der Waals surface area contributed by atoms with E-state index < -0.39 is 0 Å². The van der Waals surface area contributed by atoms with E-state index in [0.717, 1.165) is 32.5 Å². The molecule has 0 radical (unpaired) electrons. The topological polar surface area (TPSA) is 34.1 Å². The number of benzene rings is 5. The normalized spacial score (nSPS) is 13.1. The van der Waals surface area contributed by atoms with Crippen LogP contribution in [0.5, 0.6) is 0 Å². The van der Waals surface area contributed by atoms with Crippen molar-refractivity contribution in [3.63, 3.8) is 0 Å². The van der Waals surface area contributed by atoms with E-state index in [1.807, 2.05) is 55.5 Å². The van der Waals surface area contributed by atoms with Gasteiger partial charge in [-0.1, -0.05) is 60.2 Å². The molecule has 1 aliphatic carbocycles. The highest BCUT2D eigenvalue weighted by Crippen LogP contribution is 2.36. The quantitative estimate of drug-likeness (QED) is 0.234. The molecule has 0 amide bonds. The number of fused-ring (bicyclic) bond motifs is 7. The van der Waals surface area contributed by atoms with Gasteiger partial charge in [0, 0.05) is 22.3 Å². The van der Waals surface area contributed by atoms with Crippen molar-refractivity contribution in [1.29, 1.82) is 0 Å². The summed E-state index contributed by atoms with van der Waals surface area (Å²) in [5, 5.41) is 6.42. The SMILES string of the molecule is Cc1ccc2c(c1)C(=O)c1ccc3c(ccc4cc5ccccc5cc43)c1C2=O. The fourth-order valence-corrected chi connectivity index (χ4v) is 4.59. The maximum absolute atomic E-state index is 13.4. The van der Waals surface area contributed by atoms with E-state index in [9.17, 15) is 9.59 Å². The summed E-state index contributed by atoms with van der Waals surface area (Å²) in [5.41, 5.74) is 3.01. The number of hydrogen-bond donors (Lipinski definition) is 0. The second-order valence-electron chi connectivity index (χ2n) is 7.78. The third kappa shape index (κ3) is 2.17. The first-order valence-corrected chi connectivity index (χ1v) is 9.70. The molecule has 0 atom stereocenters. The Morgan fingerprint density at radius 2 is 1.24 bits per heavy atom. The Labute approximate surface area is 167 Å². The molecule has 0 spiro atoms. The summed E-state index contributed by atoms with van der Waals surface area (Å²) in [6.07, 6.45) is 0. The second-order valence-corrected chi connectivity index (χ2v) is 7.78. The Kier molecular flexibility index (Phi) is 3.14. The zero-order valence-corrected chi connectivity index (χ0v) is 15.8. The molecule has 0 N–H and O–H groups in total. The molecule has 1 aliphatic rings. The minimum atomic E-state index is -0.0705. The number of carbonyl (C=O) groups excluding carboxylic acids is 2. The predicted molar refractivity (Wildman–Crippen MR) is 117 cm³/mol. The zero-order valence-electron chi connectivity index (χ0n) is 15.8. The first kappa shape index (κ1) is 16.2. The van der Waals surface area contributed by atoms with Crippen LogP contribution in [0, 0.1) is 6.92 Å². The molecule has 0 aromatic heterocycles. The summed E-state index contributed by atoms with van der Waals surface area (Å²) in [6, 6.07) is 25.9. The van der Waals surface area contributed by atoms with Gasteiger partial charge in [0.1, 0.15) is 0 Å². The Balaban J connectivity index is 1.71. The van der Waals surface area contributed by atoms with E-state index in [-0.39, 0.29) is 11.6 Å². The van der Waals surface area contributed by atoms with Gasteiger partial charge < -0.3 is 0 Å². The van der Waals surface area contributed by atoms with Gasteiger partial charge in [-0.05, 0) is 63.5 Å². The van der Waals surface area contributed by atoms with Crippen molar-refractivity contribution in [2.24, 2.45) is 0 Å². The molecule has 0 heterocycles. The summed E-state index contributed by atoms with van der Waals surface area (Å²) in [4.78, 5) is 26.5. The Morgan fingerprint density at radius 3 is 2.07 bits per heavy atom. The fourth-order valence-electron chi connectivity index (χ4n) is 4.59. The molecular formula is C27H16O2. The smallest absolute Gasteiger partial charge is 0.195 e. The van der Waals surface area contributed by atoms with Crippen LogP contribution < -0.4 is 0 Å². The van der Waals surface area contributed by atoms with Gasteiger partial charge >= 0.3 is 0 Å². The standard InChI is InChI=1S/C27H16O2/c1-15-6-8-21-24(12-15)26(28)22-11-10-19-20(25(22)27(21)29)9-7-18-13-16-4-2-3-5-17(16)14-23(18)19/h2-14H,1H3. The number of ketones is 2. The Hall–Kier alpha value is -3.78. The fraction of sp³-hybridized carbons (Fsp3) is 0.0370. The summed E-state index contributed by atoms with van der Waals surface area (Å²) in [7, 11) is 0. The lowest BCUT2D eigenvalue weighted by Gasteiger charge is -2.20. The third-order valence-electron chi connectivity index (χ3n) is 6.02. The highest BCUT2D eigenvalue weighted by atomic mass is 16.1. The molecule has 5 aromatic carbocycles. The van der Waals surface area contributed by atoms with E-state index in [0.29, 0.717) is 22.3 Å². The van der Waals surface area contributed by atoms with Crippen LogP contribution in [0.3, 0.4) is 0 Å². The predicted octanol–water partition coefficient (Wildman–Crippen LogP) is 6.23. The second kappa shape index (κ2) is 5.62. The molecule has 0 aliphatic heterocycles. The highest BCUT2D eigenvalue weighted by Gasteiger charge is 2.31. The average Bonchev–Trinajstić information content (AvgIpc) is 2.75. The monoisotopic (exact) mass is 372 g/mol. The van der Waals surface area contributed by atoms with Gasteiger partial charge in [0.25, 0.3) is 0 Å². The number of hydrogen-bond acceptors (Lipinski definition) is 2. The minimum absolute atomic E-state index is 0.0691. The van der Waals surface area contributed by atoms with E-state index >= 15 is 0 Å². The van der Waals surface area contributed by atoms with Crippen LogP contribution in [0.1, 0.15) is 37.4 Å². The Bertz CT molecular complexity index is 1540. The van der Waals surface area contributed by atoms with Crippen molar-refractivity contribution in [3.8, 4) is 0 Å². The van der Waals surface area contributed by atoms with Crippen molar-refractivity contribution in [2.45, 2.75) is 6.92 Å². The molecule has 2 nitrogen and oxygen atoms in total. The van der Waals surface area contributed by atoms with Crippen LogP contribution >= 0.6 is 0 Å². The molecule has 0 saturated heterocycles. The molecule has 0 fully saturated rings. The van der Waals surface area contributed by atoms with Gasteiger partial charge in [-0.2, -0.15) is 0 Å². The first-order valence-electron chi connectivity index (χ1n) is 9.70. The molecule has 2 heteroatoms. The maximum atomic E-state index is 13.4. The van der Waals surface area contributed by atoms with E-state index in [4.69, 9.17) is 0 Å². The lowest BCUT2D eigenvalue weighted by Crippen LogP contribution is -2.21. The first-order chi connectivity index (χ1) is 14.1. The Morgan fingerprint density at radius 1 is 0.517 bits per heavy atom. The molecule has 5 aromatic rings.